The van der Waals surface area contributed by atoms with E-state index < -0.39 is 4.92 Å². The average molecular weight is 293 g/mol. The molecule has 0 spiro atoms. The van der Waals surface area contributed by atoms with Crippen LogP contribution in [0.4, 0.5) is 11.4 Å². The van der Waals surface area contributed by atoms with Crippen molar-refractivity contribution in [2.75, 3.05) is 38.2 Å². The van der Waals surface area contributed by atoms with Crippen molar-refractivity contribution in [2.24, 2.45) is 5.92 Å². The Labute approximate surface area is 125 Å². The molecule has 0 aromatic heterocycles. The van der Waals surface area contributed by atoms with E-state index in [9.17, 15) is 10.1 Å². The number of piperidine rings is 1. The highest BCUT2D eigenvalue weighted by molar-refractivity contribution is 5.59. The Morgan fingerprint density at radius 2 is 2.33 bits per heavy atom. The Morgan fingerprint density at radius 1 is 1.52 bits per heavy atom. The van der Waals surface area contributed by atoms with Gasteiger partial charge < -0.3 is 15.0 Å². The molecule has 1 aromatic carbocycles. The van der Waals surface area contributed by atoms with Crippen LogP contribution in [0.2, 0.25) is 0 Å². The van der Waals surface area contributed by atoms with Crippen molar-refractivity contribution in [1.29, 1.82) is 0 Å². The lowest BCUT2D eigenvalue weighted by molar-refractivity contribution is -0.385. The molecule has 1 fully saturated rings. The second-order valence-electron chi connectivity index (χ2n) is 5.36. The third kappa shape index (κ3) is 3.85. The highest BCUT2D eigenvalue weighted by atomic mass is 16.6. The van der Waals surface area contributed by atoms with E-state index >= 15 is 0 Å². The Hall–Kier alpha value is -1.82. The second-order valence-corrected chi connectivity index (χ2v) is 5.36. The lowest BCUT2D eigenvalue weighted by Gasteiger charge is -2.31. The van der Waals surface area contributed by atoms with Crippen molar-refractivity contribution in [2.45, 2.75) is 19.8 Å². The Kier molecular flexibility index (Phi) is 5.38. The van der Waals surface area contributed by atoms with Crippen molar-refractivity contribution >= 4 is 11.4 Å². The normalized spacial score (nSPS) is 18.3. The first kappa shape index (κ1) is 15.6. The van der Waals surface area contributed by atoms with E-state index in [0.717, 1.165) is 31.9 Å². The number of nitrogens with one attached hydrogen (secondary N) is 1. The first-order valence-corrected chi connectivity index (χ1v) is 7.43. The van der Waals surface area contributed by atoms with Crippen LogP contribution in [0.25, 0.3) is 0 Å². The molecule has 0 saturated carbocycles. The third-order valence-corrected chi connectivity index (χ3v) is 3.98. The van der Waals surface area contributed by atoms with Crippen LogP contribution in [-0.2, 0) is 0 Å². The third-order valence-electron chi connectivity index (χ3n) is 3.98. The minimum Gasteiger partial charge on any atom is -0.490 e. The zero-order valence-corrected chi connectivity index (χ0v) is 12.7. The monoisotopic (exact) mass is 293 g/mol. The van der Waals surface area contributed by atoms with Crippen molar-refractivity contribution < 1.29 is 9.66 Å². The molecule has 0 amide bonds. The highest BCUT2D eigenvalue weighted by Crippen LogP contribution is 2.31. The molecule has 1 N–H and O–H groups in total. The van der Waals surface area contributed by atoms with Crippen LogP contribution in [0.3, 0.4) is 0 Å². The molecule has 1 aliphatic rings. The number of nitro groups is 1. The van der Waals surface area contributed by atoms with Gasteiger partial charge in [-0.15, -0.1) is 0 Å². The Bertz CT molecular complexity index is 487. The lowest BCUT2D eigenvalue weighted by atomic mass is 9.99. The molecule has 0 radical (unpaired) electrons. The van der Waals surface area contributed by atoms with Crippen LogP contribution in [0.5, 0.6) is 5.75 Å². The van der Waals surface area contributed by atoms with Gasteiger partial charge in [0.2, 0.25) is 0 Å². The maximum Gasteiger partial charge on any atom is 0.311 e. The first-order chi connectivity index (χ1) is 10.2. The lowest BCUT2D eigenvalue weighted by Crippen LogP contribution is -2.38. The van der Waals surface area contributed by atoms with Gasteiger partial charge in [0.15, 0.2) is 5.75 Å². The molecular formula is C15H23N3O3. The summed E-state index contributed by atoms with van der Waals surface area (Å²) in [7, 11) is 1.47. The Balaban J connectivity index is 2.15. The summed E-state index contributed by atoms with van der Waals surface area (Å²) >= 11 is 0. The number of nitrogens with zero attached hydrogens (tertiary/aromatic N) is 2. The number of methoxy groups -OCH3 is 1. The molecule has 6 heteroatoms. The van der Waals surface area contributed by atoms with Crippen LogP contribution in [-0.4, -0.2) is 38.2 Å². The molecule has 1 heterocycles. The number of rotatable bonds is 6. The standard InChI is InChI=1S/C15H23N3O3/c1-3-17(11-12-5-4-8-16-10-12)13-6-7-14(18(19)20)15(9-13)21-2/h6-7,9,12,16H,3-5,8,10-11H2,1-2H3. The molecule has 1 aromatic rings. The summed E-state index contributed by atoms with van der Waals surface area (Å²) in [6.45, 7) is 6.08. The maximum atomic E-state index is 11.0. The van der Waals surface area contributed by atoms with Crippen molar-refractivity contribution in [1.82, 2.24) is 5.32 Å². The van der Waals surface area contributed by atoms with Gasteiger partial charge in [0.25, 0.3) is 0 Å². The number of benzene rings is 1. The molecule has 0 bridgehead atoms. The van der Waals surface area contributed by atoms with Crippen LogP contribution in [0.1, 0.15) is 19.8 Å². The summed E-state index contributed by atoms with van der Waals surface area (Å²) < 4.78 is 5.15. The fraction of sp³-hybridized carbons (Fsp3) is 0.600. The van der Waals surface area contributed by atoms with E-state index in [1.165, 1.54) is 26.0 Å². The zero-order valence-electron chi connectivity index (χ0n) is 12.7. The quantitative estimate of drug-likeness (QED) is 0.644. The average Bonchev–Trinajstić information content (AvgIpc) is 2.52. The van der Waals surface area contributed by atoms with Crippen LogP contribution >= 0.6 is 0 Å². The van der Waals surface area contributed by atoms with E-state index in [4.69, 9.17) is 4.74 Å². The molecule has 21 heavy (non-hydrogen) atoms. The fourth-order valence-corrected chi connectivity index (χ4v) is 2.82. The van der Waals surface area contributed by atoms with Gasteiger partial charge in [0.1, 0.15) is 0 Å². The van der Waals surface area contributed by atoms with E-state index in [0.29, 0.717) is 11.7 Å². The number of ether oxygens (including phenoxy) is 1. The molecule has 1 atom stereocenters. The first-order valence-electron chi connectivity index (χ1n) is 7.43. The van der Waals surface area contributed by atoms with E-state index in [1.54, 1.807) is 12.1 Å². The largest absolute Gasteiger partial charge is 0.490 e. The summed E-state index contributed by atoms with van der Waals surface area (Å²) in [6, 6.07) is 5.09. The smallest absolute Gasteiger partial charge is 0.311 e. The van der Waals surface area contributed by atoms with E-state index in [2.05, 4.69) is 17.1 Å². The minimum atomic E-state index is -0.413. The topological polar surface area (TPSA) is 67.6 Å². The number of nitro benzene ring substituents is 1. The fourth-order valence-electron chi connectivity index (χ4n) is 2.82. The van der Waals surface area contributed by atoms with Gasteiger partial charge >= 0.3 is 5.69 Å². The summed E-state index contributed by atoms with van der Waals surface area (Å²) in [5.41, 5.74) is 0.988. The molecule has 1 aliphatic heterocycles. The van der Waals surface area contributed by atoms with Crippen molar-refractivity contribution in [3.05, 3.63) is 28.3 Å². The van der Waals surface area contributed by atoms with E-state index in [-0.39, 0.29) is 5.69 Å². The molecule has 2 rings (SSSR count). The van der Waals surface area contributed by atoms with Gasteiger partial charge in [0.05, 0.1) is 12.0 Å². The molecule has 1 saturated heterocycles. The van der Waals surface area contributed by atoms with Gasteiger partial charge in [-0.1, -0.05) is 0 Å². The van der Waals surface area contributed by atoms with Crippen LogP contribution < -0.4 is 15.0 Å². The molecule has 116 valence electrons. The predicted octanol–water partition coefficient (Wildman–Crippen LogP) is 2.43. The van der Waals surface area contributed by atoms with Gasteiger partial charge in [0, 0.05) is 30.9 Å². The summed E-state index contributed by atoms with van der Waals surface area (Å²) in [6.07, 6.45) is 2.44. The van der Waals surface area contributed by atoms with Gasteiger partial charge in [-0.05, 0) is 44.8 Å². The summed E-state index contributed by atoms with van der Waals surface area (Å²) in [5, 5.41) is 14.4. The second kappa shape index (κ2) is 7.26. The minimum absolute atomic E-state index is 0.0108. The number of anilines is 1. The molecule has 1 unspecified atom stereocenters. The SMILES string of the molecule is CCN(CC1CCCNC1)c1ccc([N+](=O)[O-])c(OC)c1. The number of hydrogen-bond acceptors (Lipinski definition) is 5. The van der Waals surface area contributed by atoms with Crippen LogP contribution in [0.15, 0.2) is 18.2 Å². The van der Waals surface area contributed by atoms with Crippen molar-refractivity contribution in [3.8, 4) is 5.75 Å². The number of hydrogen-bond donors (Lipinski definition) is 1. The van der Waals surface area contributed by atoms with Gasteiger partial charge in [-0.3, -0.25) is 10.1 Å². The Morgan fingerprint density at radius 3 is 2.90 bits per heavy atom. The maximum absolute atomic E-state index is 11.0. The van der Waals surface area contributed by atoms with Gasteiger partial charge in [-0.25, -0.2) is 0 Å². The summed E-state index contributed by atoms with van der Waals surface area (Å²) in [4.78, 5) is 12.8. The predicted molar refractivity (Wildman–Crippen MR) is 83.1 cm³/mol. The summed E-state index contributed by atoms with van der Waals surface area (Å²) in [5.74, 6) is 0.942. The highest BCUT2D eigenvalue weighted by Gasteiger charge is 2.20. The molecule has 0 aliphatic carbocycles. The molecule has 6 nitrogen and oxygen atoms in total. The molecular weight excluding hydrogens is 270 g/mol. The van der Waals surface area contributed by atoms with E-state index in [1.807, 2.05) is 0 Å². The van der Waals surface area contributed by atoms with Gasteiger partial charge in [-0.2, -0.15) is 0 Å². The van der Waals surface area contributed by atoms with Crippen molar-refractivity contribution in [3.63, 3.8) is 0 Å². The zero-order chi connectivity index (χ0) is 15.2. The van der Waals surface area contributed by atoms with Crippen LogP contribution in [0, 0.1) is 16.0 Å².